The van der Waals surface area contributed by atoms with Crippen molar-refractivity contribution in [2.45, 2.75) is 11.8 Å². The zero-order chi connectivity index (χ0) is 14.7. The summed E-state index contributed by atoms with van der Waals surface area (Å²) in [5.74, 6) is -2.49. The normalized spacial score (nSPS) is 12.2. The van der Waals surface area contributed by atoms with Crippen molar-refractivity contribution >= 4 is 11.6 Å². The van der Waals surface area contributed by atoms with Crippen molar-refractivity contribution in [3.63, 3.8) is 0 Å². The van der Waals surface area contributed by atoms with E-state index in [0.29, 0.717) is 18.2 Å². The molecule has 0 aliphatic heterocycles. The van der Waals surface area contributed by atoms with Gasteiger partial charge in [0.05, 0.1) is 12.5 Å². The predicted molar refractivity (Wildman–Crippen MR) is 71.6 cm³/mol. The van der Waals surface area contributed by atoms with Gasteiger partial charge in [-0.1, -0.05) is 12.1 Å². The Morgan fingerprint density at radius 1 is 1.00 bits per heavy atom. The van der Waals surface area contributed by atoms with Gasteiger partial charge in [-0.25, -0.2) is 13.2 Å². The fraction of sp³-hybridized carbons (Fsp3) is 0.200. The van der Waals surface area contributed by atoms with E-state index in [2.05, 4.69) is 0 Å². The Labute approximate surface area is 119 Å². The van der Waals surface area contributed by atoms with Crippen molar-refractivity contribution < 1.29 is 17.9 Å². The van der Waals surface area contributed by atoms with Crippen LogP contribution in [0.3, 0.4) is 0 Å². The van der Waals surface area contributed by atoms with Crippen LogP contribution in [0.15, 0.2) is 36.4 Å². The molecule has 0 heterocycles. The summed E-state index contributed by atoms with van der Waals surface area (Å²) in [5, 5.41) is -0.779. The number of methoxy groups -OCH3 is 1. The number of halogens is 4. The van der Waals surface area contributed by atoms with Crippen molar-refractivity contribution in [3.05, 3.63) is 65.0 Å². The van der Waals surface area contributed by atoms with Crippen LogP contribution in [0, 0.1) is 17.5 Å². The Morgan fingerprint density at radius 3 is 2.20 bits per heavy atom. The molecule has 0 aromatic heterocycles. The molecule has 0 spiro atoms. The van der Waals surface area contributed by atoms with Crippen molar-refractivity contribution in [3.8, 4) is 5.75 Å². The first kappa shape index (κ1) is 14.7. The zero-order valence-corrected chi connectivity index (χ0v) is 11.4. The van der Waals surface area contributed by atoms with Gasteiger partial charge < -0.3 is 4.74 Å². The molecule has 0 saturated carbocycles. The minimum absolute atomic E-state index is 0.0543. The summed E-state index contributed by atoms with van der Waals surface area (Å²) in [7, 11) is 1.55. The van der Waals surface area contributed by atoms with Crippen LogP contribution in [-0.2, 0) is 6.42 Å². The van der Waals surface area contributed by atoms with Crippen LogP contribution in [0.25, 0.3) is 0 Å². The molecule has 5 heteroatoms. The van der Waals surface area contributed by atoms with E-state index < -0.39 is 22.8 Å². The van der Waals surface area contributed by atoms with Gasteiger partial charge in [0.1, 0.15) is 11.6 Å². The standard InChI is InChI=1S/C15H12ClF3O/c1-20-10-4-2-9(3-5-10)6-12(16)11-7-14(18)15(19)8-13(11)17/h2-5,7-8,12H,6H2,1H3. The Hall–Kier alpha value is -1.68. The second-order valence-corrected chi connectivity index (χ2v) is 4.83. The van der Waals surface area contributed by atoms with Crippen molar-refractivity contribution in [1.29, 1.82) is 0 Å². The first-order valence-corrected chi connectivity index (χ1v) is 6.36. The second kappa shape index (κ2) is 6.18. The fourth-order valence-electron chi connectivity index (χ4n) is 1.86. The number of hydrogen-bond acceptors (Lipinski definition) is 1. The molecule has 0 radical (unpaired) electrons. The largest absolute Gasteiger partial charge is 0.497 e. The third kappa shape index (κ3) is 3.25. The highest BCUT2D eigenvalue weighted by molar-refractivity contribution is 6.20. The maximum absolute atomic E-state index is 13.6. The molecule has 2 aromatic rings. The topological polar surface area (TPSA) is 9.23 Å². The molecule has 1 atom stereocenters. The molecule has 2 aromatic carbocycles. The van der Waals surface area contributed by atoms with Gasteiger partial charge >= 0.3 is 0 Å². The van der Waals surface area contributed by atoms with Crippen molar-refractivity contribution in [2.24, 2.45) is 0 Å². The van der Waals surface area contributed by atoms with Crippen LogP contribution < -0.4 is 4.74 Å². The summed E-state index contributed by atoms with van der Waals surface area (Å²) in [4.78, 5) is 0. The lowest BCUT2D eigenvalue weighted by molar-refractivity contribution is 0.414. The molecule has 106 valence electrons. The van der Waals surface area contributed by atoms with Gasteiger partial charge in [0.25, 0.3) is 0 Å². The average molecular weight is 301 g/mol. The van der Waals surface area contributed by atoms with Gasteiger partial charge in [0, 0.05) is 11.6 Å². The van der Waals surface area contributed by atoms with Gasteiger partial charge in [-0.05, 0) is 30.2 Å². The van der Waals surface area contributed by atoms with Gasteiger partial charge in [-0.3, -0.25) is 0 Å². The first-order chi connectivity index (χ1) is 9.51. The van der Waals surface area contributed by atoms with Gasteiger partial charge in [0.2, 0.25) is 0 Å². The van der Waals surface area contributed by atoms with Crippen molar-refractivity contribution in [1.82, 2.24) is 0 Å². The molecule has 2 rings (SSSR count). The van der Waals surface area contributed by atoms with E-state index in [1.807, 2.05) is 0 Å². The maximum Gasteiger partial charge on any atom is 0.161 e. The molecule has 1 nitrogen and oxygen atoms in total. The lowest BCUT2D eigenvalue weighted by Gasteiger charge is -2.12. The molecule has 0 bridgehead atoms. The Kier molecular flexibility index (Phi) is 4.55. The summed E-state index contributed by atoms with van der Waals surface area (Å²) < 4.78 is 44.6. The molecule has 0 aliphatic rings. The highest BCUT2D eigenvalue weighted by Crippen LogP contribution is 2.29. The van der Waals surface area contributed by atoms with Crippen LogP contribution in [0.5, 0.6) is 5.75 Å². The monoisotopic (exact) mass is 300 g/mol. The van der Waals surface area contributed by atoms with E-state index in [4.69, 9.17) is 16.3 Å². The molecule has 20 heavy (non-hydrogen) atoms. The summed E-state index contributed by atoms with van der Waals surface area (Å²) >= 11 is 6.08. The summed E-state index contributed by atoms with van der Waals surface area (Å²) in [6, 6.07) is 8.37. The summed E-state index contributed by atoms with van der Waals surface area (Å²) in [6.45, 7) is 0. The average Bonchev–Trinajstić information content (AvgIpc) is 2.43. The highest BCUT2D eigenvalue weighted by atomic mass is 35.5. The Bertz CT molecular complexity index is 599. The lowest BCUT2D eigenvalue weighted by Crippen LogP contribution is -2.01. The van der Waals surface area contributed by atoms with Gasteiger partial charge in [-0.15, -0.1) is 11.6 Å². The van der Waals surface area contributed by atoms with E-state index in [1.165, 1.54) is 0 Å². The third-order valence-electron chi connectivity index (χ3n) is 2.95. The number of ether oxygens (including phenoxy) is 1. The van der Waals surface area contributed by atoms with E-state index in [0.717, 1.165) is 11.6 Å². The fourth-order valence-corrected chi connectivity index (χ4v) is 2.20. The molecular formula is C15H12ClF3O. The van der Waals surface area contributed by atoms with Crippen molar-refractivity contribution in [2.75, 3.05) is 7.11 Å². The Morgan fingerprint density at radius 2 is 1.60 bits per heavy atom. The van der Waals surface area contributed by atoms with Crippen LogP contribution >= 0.6 is 11.6 Å². The number of hydrogen-bond donors (Lipinski definition) is 0. The number of benzene rings is 2. The molecular weight excluding hydrogens is 289 g/mol. The van der Waals surface area contributed by atoms with Gasteiger partial charge in [0.15, 0.2) is 11.6 Å². The van der Waals surface area contributed by atoms with E-state index >= 15 is 0 Å². The number of rotatable bonds is 4. The van der Waals surface area contributed by atoms with E-state index in [1.54, 1.807) is 31.4 Å². The van der Waals surface area contributed by atoms with Crippen LogP contribution in [0.2, 0.25) is 0 Å². The molecule has 0 aliphatic carbocycles. The minimum Gasteiger partial charge on any atom is -0.497 e. The van der Waals surface area contributed by atoms with E-state index in [-0.39, 0.29) is 5.56 Å². The molecule has 0 N–H and O–H groups in total. The quantitative estimate of drug-likeness (QED) is 0.590. The van der Waals surface area contributed by atoms with Crippen LogP contribution in [-0.4, -0.2) is 7.11 Å². The predicted octanol–water partition coefficient (Wildman–Crippen LogP) is 4.64. The first-order valence-electron chi connectivity index (χ1n) is 5.92. The van der Waals surface area contributed by atoms with E-state index in [9.17, 15) is 13.2 Å². The minimum atomic E-state index is -1.22. The lowest BCUT2D eigenvalue weighted by atomic mass is 10.0. The molecule has 0 amide bonds. The SMILES string of the molecule is COc1ccc(CC(Cl)c2cc(F)c(F)cc2F)cc1. The highest BCUT2D eigenvalue weighted by Gasteiger charge is 2.17. The molecule has 1 unspecified atom stereocenters. The van der Waals surface area contributed by atoms with Crippen LogP contribution in [0.1, 0.15) is 16.5 Å². The number of alkyl halides is 1. The maximum atomic E-state index is 13.6. The summed E-state index contributed by atoms with van der Waals surface area (Å²) in [6.07, 6.45) is 0.299. The van der Waals surface area contributed by atoms with Gasteiger partial charge in [-0.2, -0.15) is 0 Å². The summed E-state index contributed by atoms with van der Waals surface area (Å²) in [5.41, 5.74) is 0.788. The molecule has 0 fully saturated rings. The smallest absolute Gasteiger partial charge is 0.161 e. The second-order valence-electron chi connectivity index (χ2n) is 4.31. The van der Waals surface area contributed by atoms with Crippen LogP contribution in [0.4, 0.5) is 13.2 Å². The Balaban J connectivity index is 2.18. The zero-order valence-electron chi connectivity index (χ0n) is 10.7. The third-order valence-corrected chi connectivity index (χ3v) is 3.34. The molecule has 0 saturated heterocycles.